The molecule has 1 aromatic heterocycles. The van der Waals surface area contributed by atoms with Crippen LogP contribution in [0.2, 0.25) is 0 Å². The molecule has 0 aliphatic rings. The van der Waals surface area contributed by atoms with Gasteiger partial charge in [-0.1, -0.05) is 67.6 Å². The number of esters is 1. The summed E-state index contributed by atoms with van der Waals surface area (Å²) in [7, 11) is 0. The molecule has 3 aromatic carbocycles. The van der Waals surface area contributed by atoms with Gasteiger partial charge in [0, 0.05) is 11.9 Å². The van der Waals surface area contributed by atoms with E-state index in [2.05, 4.69) is 5.10 Å². The Bertz CT molecular complexity index is 1210. The van der Waals surface area contributed by atoms with Gasteiger partial charge in [0.1, 0.15) is 5.75 Å². The molecule has 29 heavy (non-hydrogen) atoms. The normalized spacial score (nSPS) is 10.8. The van der Waals surface area contributed by atoms with Crippen LogP contribution in [0.4, 0.5) is 0 Å². The van der Waals surface area contributed by atoms with Gasteiger partial charge in [-0.25, -0.2) is 9.48 Å². The molecule has 0 saturated heterocycles. The molecule has 0 atom stereocenters. The Labute approximate surface area is 168 Å². The maximum atomic E-state index is 12.9. The molecule has 4 aromatic rings. The number of hydrogen-bond acceptors (Lipinski definition) is 4. The molecular weight excluding hydrogens is 364 g/mol. The van der Waals surface area contributed by atoms with Crippen molar-refractivity contribution in [3.05, 3.63) is 94.9 Å². The maximum absolute atomic E-state index is 12.9. The third-order valence-corrected chi connectivity index (χ3v) is 4.67. The molecule has 0 spiro atoms. The summed E-state index contributed by atoms with van der Waals surface area (Å²) in [6.07, 6.45) is 0.737. The van der Waals surface area contributed by atoms with E-state index in [-0.39, 0.29) is 11.3 Å². The number of benzene rings is 3. The molecule has 0 bridgehead atoms. The lowest BCUT2D eigenvalue weighted by Gasteiger charge is -2.10. The molecule has 5 heteroatoms. The first kappa shape index (κ1) is 18.6. The Morgan fingerprint density at radius 1 is 0.862 bits per heavy atom. The SMILES string of the molecule is CCCn1nc(C(=O)Oc2ccc(-c3ccccc3)cc2)c2ccccc2c1=O. The summed E-state index contributed by atoms with van der Waals surface area (Å²) in [5.74, 6) is -0.160. The minimum atomic E-state index is -0.585. The average Bonchev–Trinajstić information content (AvgIpc) is 2.77. The number of nitrogens with zero attached hydrogens (tertiary/aromatic N) is 2. The summed E-state index contributed by atoms with van der Waals surface area (Å²) in [4.78, 5) is 25.4. The third-order valence-electron chi connectivity index (χ3n) is 4.67. The summed E-state index contributed by atoms with van der Waals surface area (Å²) in [5, 5.41) is 5.24. The fourth-order valence-electron chi connectivity index (χ4n) is 3.25. The minimum absolute atomic E-state index is 0.140. The van der Waals surface area contributed by atoms with Crippen molar-refractivity contribution in [1.29, 1.82) is 0 Å². The monoisotopic (exact) mass is 384 g/mol. The van der Waals surface area contributed by atoms with Crippen molar-refractivity contribution in [3.63, 3.8) is 0 Å². The number of hydrogen-bond donors (Lipinski definition) is 0. The number of ether oxygens (including phenoxy) is 1. The van der Waals surface area contributed by atoms with Gasteiger partial charge in [-0.05, 0) is 35.7 Å². The van der Waals surface area contributed by atoms with Gasteiger partial charge < -0.3 is 4.74 Å². The topological polar surface area (TPSA) is 61.2 Å². The van der Waals surface area contributed by atoms with E-state index in [0.717, 1.165) is 17.5 Å². The largest absolute Gasteiger partial charge is 0.422 e. The quantitative estimate of drug-likeness (QED) is 0.370. The zero-order valence-corrected chi connectivity index (χ0v) is 16.0. The van der Waals surface area contributed by atoms with E-state index in [0.29, 0.717) is 23.1 Å². The molecular formula is C24H20N2O3. The Morgan fingerprint density at radius 3 is 2.17 bits per heavy atom. The lowest BCUT2D eigenvalue weighted by atomic mass is 10.1. The van der Waals surface area contributed by atoms with Gasteiger partial charge in [-0.3, -0.25) is 4.79 Å². The third kappa shape index (κ3) is 3.80. The molecule has 0 aliphatic carbocycles. The van der Waals surface area contributed by atoms with E-state index >= 15 is 0 Å². The van der Waals surface area contributed by atoms with Gasteiger partial charge in [0.15, 0.2) is 5.69 Å². The summed E-state index contributed by atoms with van der Waals surface area (Å²) in [6, 6.07) is 24.3. The Kier molecular flexibility index (Phi) is 5.20. The fraction of sp³-hybridized carbons (Fsp3) is 0.125. The van der Waals surface area contributed by atoms with Crippen LogP contribution < -0.4 is 10.3 Å². The molecule has 0 radical (unpaired) electrons. The first-order chi connectivity index (χ1) is 14.2. The smallest absolute Gasteiger partial charge is 0.364 e. The van der Waals surface area contributed by atoms with Crippen molar-refractivity contribution in [2.24, 2.45) is 0 Å². The van der Waals surface area contributed by atoms with Gasteiger partial charge in [0.25, 0.3) is 5.56 Å². The first-order valence-electron chi connectivity index (χ1n) is 9.55. The van der Waals surface area contributed by atoms with Crippen LogP contribution in [0.15, 0.2) is 83.7 Å². The van der Waals surface area contributed by atoms with E-state index in [1.807, 2.05) is 49.4 Å². The molecule has 0 amide bonds. The van der Waals surface area contributed by atoms with Crippen LogP contribution in [0.1, 0.15) is 23.8 Å². The molecule has 5 nitrogen and oxygen atoms in total. The Hall–Kier alpha value is -3.73. The van der Waals surface area contributed by atoms with Gasteiger partial charge >= 0.3 is 5.97 Å². The second-order valence-corrected chi connectivity index (χ2v) is 6.70. The van der Waals surface area contributed by atoms with Crippen molar-refractivity contribution < 1.29 is 9.53 Å². The molecule has 1 heterocycles. The van der Waals surface area contributed by atoms with Gasteiger partial charge in [0.2, 0.25) is 0 Å². The van der Waals surface area contributed by atoms with Crippen molar-refractivity contribution >= 4 is 16.7 Å². The first-order valence-corrected chi connectivity index (χ1v) is 9.55. The number of carbonyl (C=O) groups excluding carboxylic acids is 1. The predicted molar refractivity (Wildman–Crippen MR) is 113 cm³/mol. The lowest BCUT2D eigenvalue weighted by Crippen LogP contribution is -2.27. The molecule has 0 saturated carbocycles. The number of fused-ring (bicyclic) bond motifs is 1. The average molecular weight is 384 g/mol. The van der Waals surface area contributed by atoms with Crippen molar-refractivity contribution in [2.45, 2.75) is 19.9 Å². The predicted octanol–water partition coefficient (Wildman–Crippen LogP) is 4.69. The highest BCUT2D eigenvalue weighted by Crippen LogP contribution is 2.23. The molecule has 4 rings (SSSR count). The summed E-state index contributed by atoms with van der Waals surface area (Å²) >= 11 is 0. The van der Waals surface area contributed by atoms with Crippen LogP contribution in [-0.2, 0) is 6.54 Å². The van der Waals surface area contributed by atoms with E-state index in [1.165, 1.54) is 4.68 Å². The second-order valence-electron chi connectivity index (χ2n) is 6.70. The van der Waals surface area contributed by atoms with Gasteiger partial charge in [0.05, 0.1) is 5.39 Å². The number of aromatic nitrogens is 2. The standard InChI is InChI=1S/C24H20N2O3/c1-2-16-26-23(27)21-11-7-6-10-20(21)22(25-26)24(28)29-19-14-12-18(13-15-19)17-8-4-3-5-9-17/h3-15H,2,16H2,1H3. The van der Waals surface area contributed by atoms with Crippen LogP contribution in [0.3, 0.4) is 0 Å². The fourth-order valence-corrected chi connectivity index (χ4v) is 3.25. The van der Waals surface area contributed by atoms with Gasteiger partial charge in [-0.2, -0.15) is 5.10 Å². The molecule has 144 valence electrons. The highest BCUT2D eigenvalue weighted by atomic mass is 16.5. The highest BCUT2D eigenvalue weighted by molar-refractivity contribution is 6.02. The molecule has 0 unspecified atom stereocenters. The number of rotatable bonds is 5. The van der Waals surface area contributed by atoms with E-state index < -0.39 is 5.97 Å². The number of aryl methyl sites for hydroxylation is 1. The van der Waals surface area contributed by atoms with E-state index in [1.54, 1.807) is 36.4 Å². The molecule has 0 aliphatic heterocycles. The summed E-state index contributed by atoms with van der Waals surface area (Å²) in [5.41, 5.74) is 2.06. The highest BCUT2D eigenvalue weighted by Gasteiger charge is 2.18. The van der Waals surface area contributed by atoms with Crippen LogP contribution >= 0.6 is 0 Å². The van der Waals surface area contributed by atoms with Crippen molar-refractivity contribution in [3.8, 4) is 16.9 Å². The van der Waals surface area contributed by atoms with E-state index in [4.69, 9.17) is 4.74 Å². The van der Waals surface area contributed by atoms with Crippen molar-refractivity contribution in [1.82, 2.24) is 9.78 Å². The van der Waals surface area contributed by atoms with Crippen LogP contribution in [0, 0.1) is 0 Å². The van der Waals surface area contributed by atoms with Crippen LogP contribution in [0.5, 0.6) is 5.75 Å². The minimum Gasteiger partial charge on any atom is -0.422 e. The van der Waals surface area contributed by atoms with Gasteiger partial charge in [-0.15, -0.1) is 0 Å². The Morgan fingerprint density at radius 2 is 1.48 bits per heavy atom. The zero-order valence-electron chi connectivity index (χ0n) is 16.0. The van der Waals surface area contributed by atoms with Crippen LogP contribution in [-0.4, -0.2) is 15.7 Å². The second kappa shape index (κ2) is 8.10. The van der Waals surface area contributed by atoms with E-state index in [9.17, 15) is 9.59 Å². The molecule has 0 N–H and O–H groups in total. The lowest BCUT2D eigenvalue weighted by molar-refractivity contribution is 0.0728. The van der Waals surface area contributed by atoms with Crippen LogP contribution in [0.25, 0.3) is 21.9 Å². The summed E-state index contributed by atoms with van der Waals surface area (Å²) in [6.45, 7) is 2.39. The summed E-state index contributed by atoms with van der Waals surface area (Å²) < 4.78 is 6.89. The zero-order chi connectivity index (χ0) is 20.2. The number of carbonyl (C=O) groups is 1. The maximum Gasteiger partial charge on any atom is 0.364 e. The molecule has 0 fully saturated rings. The Balaban J connectivity index is 1.66. The van der Waals surface area contributed by atoms with Crippen molar-refractivity contribution in [2.75, 3.05) is 0 Å².